The van der Waals surface area contributed by atoms with E-state index in [4.69, 9.17) is 4.74 Å². The standard InChI is InChI=1S/C29H47N3O6/c1-8-10-11-12-16-19-32(27(35)24(21(3)9-2)31-28(36)38-29(4,5)6)25(22-17-14-13-15-18-22)26(34)30-20-23(33)37-7/h13-15,17-18,21,24-25H,8-12,16,19-20H2,1-7H3,(H,30,34)(H,31,36). The molecule has 3 unspecified atom stereocenters. The molecule has 0 saturated heterocycles. The van der Waals surface area contributed by atoms with Gasteiger partial charge in [0, 0.05) is 6.54 Å². The number of rotatable bonds is 15. The quantitative estimate of drug-likeness (QED) is 0.248. The van der Waals surface area contributed by atoms with Crippen molar-refractivity contribution in [1.82, 2.24) is 15.5 Å². The highest BCUT2D eigenvalue weighted by atomic mass is 16.6. The zero-order chi connectivity index (χ0) is 28.7. The summed E-state index contributed by atoms with van der Waals surface area (Å²) in [5.41, 5.74) is -0.121. The maximum absolute atomic E-state index is 14.2. The number of esters is 1. The van der Waals surface area contributed by atoms with Crippen LogP contribution in [0, 0.1) is 5.92 Å². The van der Waals surface area contributed by atoms with Gasteiger partial charge in [0.05, 0.1) is 7.11 Å². The topological polar surface area (TPSA) is 114 Å². The molecule has 0 aliphatic carbocycles. The predicted octanol–water partition coefficient (Wildman–Crippen LogP) is 4.76. The second kappa shape index (κ2) is 16.7. The van der Waals surface area contributed by atoms with Gasteiger partial charge < -0.3 is 25.0 Å². The highest BCUT2D eigenvalue weighted by Crippen LogP contribution is 2.25. The lowest BCUT2D eigenvalue weighted by molar-refractivity contribution is -0.145. The summed E-state index contributed by atoms with van der Waals surface area (Å²) in [6.45, 7) is 11.2. The molecule has 2 N–H and O–H groups in total. The number of hydrogen-bond donors (Lipinski definition) is 2. The number of nitrogens with zero attached hydrogens (tertiary/aromatic N) is 1. The van der Waals surface area contributed by atoms with E-state index < -0.39 is 35.7 Å². The molecule has 0 fully saturated rings. The molecular formula is C29H47N3O6. The van der Waals surface area contributed by atoms with E-state index >= 15 is 0 Å². The Kier molecular flexibility index (Phi) is 14.5. The normalized spacial score (nSPS) is 13.6. The number of benzene rings is 1. The third kappa shape index (κ3) is 11.5. The van der Waals surface area contributed by atoms with Crippen molar-refractivity contribution in [2.24, 2.45) is 5.92 Å². The van der Waals surface area contributed by atoms with Crippen LogP contribution in [0.2, 0.25) is 0 Å². The third-order valence-electron chi connectivity index (χ3n) is 6.25. The molecule has 1 aromatic rings. The van der Waals surface area contributed by atoms with E-state index in [9.17, 15) is 19.2 Å². The summed E-state index contributed by atoms with van der Waals surface area (Å²) in [6.07, 6.45) is 4.72. The van der Waals surface area contributed by atoms with Crippen LogP contribution in [-0.4, -0.2) is 60.6 Å². The van der Waals surface area contributed by atoms with E-state index in [-0.39, 0.29) is 18.4 Å². The maximum Gasteiger partial charge on any atom is 0.408 e. The first-order valence-corrected chi connectivity index (χ1v) is 13.6. The Morgan fingerprint density at radius 1 is 0.974 bits per heavy atom. The van der Waals surface area contributed by atoms with E-state index in [1.165, 1.54) is 12.0 Å². The Bertz CT molecular complexity index is 884. The molecule has 3 atom stereocenters. The van der Waals surface area contributed by atoms with Gasteiger partial charge in [-0.05, 0) is 38.7 Å². The zero-order valence-corrected chi connectivity index (χ0v) is 24.2. The number of carbonyl (C=O) groups is 4. The van der Waals surface area contributed by atoms with Crippen molar-refractivity contribution in [3.05, 3.63) is 35.9 Å². The molecule has 0 heterocycles. The number of alkyl carbamates (subject to hydrolysis) is 1. The van der Waals surface area contributed by atoms with E-state index in [1.54, 1.807) is 45.0 Å². The van der Waals surface area contributed by atoms with Gasteiger partial charge in [0.25, 0.3) is 0 Å². The van der Waals surface area contributed by atoms with Gasteiger partial charge in [-0.15, -0.1) is 0 Å². The second-order valence-electron chi connectivity index (χ2n) is 10.6. The minimum absolute atomic E-state index is 0.216. The van der Waals surface area contributed by atoms with Crippen molar-refractivity contribution < 1.29 is 28.7 Å². The molecule has 9 heteroatoms. The van der Waals surface area contributed by atoms with Crippen LogP contribution in [0.25, 0.3) is 0 Å². The van der Waals surface area contributed by atoms with E-state index in [2.05, 4.69) is 22.3 Å². The number of methoxy groups -OCH3 is 1. The predicted molar refractivity (Wildman–Crippen MR) is 147 cm³/mol. The van der Waals surface area contributed by atoms with Crippen molar-refractivity contribution >= 4 is 23.9 Å². The summed E-state index contributed by atoms with van der Waals surface area (Å²) >= 11 is 0. The highest BCUT2D eigenvalue weighted by Gasteiger charge is 2.38. The average molecular weight is 534 g/mol. The fourth-order valence-corrected chi connectivity index (χ4v) is 3.98. The first-order valence-electron chi connectivity index (χ1n) is 13.6. The maximum atomic E-state index is 14.2. The second-order valence-corrected chi connectivity index (χ2v) is 10.6. The monoisotopic (exact) mass is 533 g/mol. The minimum Gasteiger partial charge on any atom is -0.468 e. The van der Waals surface area contributed by atoms with Crippen LogP contribution < -0.4 is 10.6 Å². The van der Waals surface area contributed by atoms with Crippen molar-refractivity contribution in [2.75, 3.05) is 20.2 Å². The van der Waals surface area contributed by atoms with E-state index in [1.807, 2.05) is 19.9 Å². The summed E-state index contributed by atoms with van der Waals surface area (Å²) in [7, 11) is 1.24. The Hall–Kier alpha value is -3.10. The molecule has 0 saturated carbocycles. The highest BCUT2D eigenvalue weighted by molar-refractivity contribution is 5.93. The Morgan fingerprint density at radius 3 is 2.16 bits per heavy atom. The number of carbonyl (C=O) groups excluding carboxylic acids is 4. The molecule has 0 radical (unpaired) electrons. The largest absolute Gasteiger partial charge is 0.468 e. The van der Waals surface area contributed by atoms with E-state index in [0.717, 1.165) is 25.7 Å². The summed E-state index contributed by atoms with van der Waals surface area (Å²) in [4.78, 5) is 53.6. The zero-order valence-electron chi connectivity index (χ0n) is 24.2. The number of ether oxygens (including phenoxy) is 2. The number of hydrogen-bond acceptors (Lipinski definition) is 6. The molecule has 0 aromatic heterocycles. The fourth-order valence-electron chi connectivity index (χ4n) is 3.98. The lowest BCUT2D eigenvalue weighted by atomic mass is 9.95. The Balaban J connectivity index is 3.42. The van der Waals surface area contributed by atoms with Crippen molar-refractivity contribution in [3.8, 4) is 0 Å². The molecule has 0 bridgehead atoms. The molecular weight excluding hydrogens is 486 g/mol. The van der Waals surface area contributed by atoms with Gasteiger partial charge >= 0.3 is 12.1 Å². The number of amides is 3. The molecule has 0 aliphatic rings. The first kappa shape index (κ1) is 32.9. The SMILES string of the molecule is CCCCCCCN(C(=O)C(NC(=O)OC(C)(C)C)C(C)CC)C(C(=O)NCC(=O)OC)c1ccccc1. The van der Waals surface area contributed by atoms with Gasteiger partial charge in [-0.25, -0.2) is 4.79 Å². The lowest BCUT2D eigenvalue weighted by Gasteiger charge is -2.36. The summed E-state index contributed by atoms with van der Waals surface area (Å²) in [5.74, 6) is -1.68. The van der Waals surface area contributed by atoms with Crippen LogP contribution in [-0.2, 0) is 23.9 Å². The van der Waals surface area contributed by atoms with Crippen LogP contribution in [0.3, 0.4) is 0 Å². The van der Waals surface area contributed by atoms with Crippen molar-refractivity contribution in [1.29, 1.82) is 0 Å². The Morgan fingerprint density at radius 2 is 1.61 bits per heavy atom. The third-order valence-corrected chi connectivity index (χ3v) is 6.25. The summed E-state index contributed by atoms with van der Waals surface area (Å²) in [6, 6.07) is 7.08. The van der Waals surface area contributed by atoms with Crippen molar-refractivity contribution in [3.63, 3.8) is 0 Å². The van der Waals surface area contributed by atoms with Crippen LogP contribution in [0.1, 0.15) is 91.7 Å². The Labute approximate surface area is 228 Å². The molecule has 9 nitrogen and oxygen atoms in total. The van der Waals surface area contributed by atoms with Crippen LogP contribution >= 0.6 is 0 Å². The van der Waals surface area contributed by atoms with Gasteiger partial charge in [0.2, 0.25) is 11.8 Å². The van der Waals surface area contributed by atoms with Crippen LogP contribution in [0.4, 0.5) is 4.79 Å². The fraction of sp³-hybridized carbons (Fsp3) is 0.655. The first-order chi connectivity index (χ1) is 17.9. The van der Waals surface area contributed by atoms with Crippen LogP contribution in [0.15, 0.2) is 30.3 Å². The smallest absolute Gasteiger partial charge is 0.408 e. The van der Waals surface area contributed by atoms with Gasteiger partial charge in [0.15, 0.2) is 0 Å². The van der Waals surface area contributed by atoms with Gasteiger partial charge in [0.1, 0.15) is 24.2 Å². The van der Waals surface area contributed by atoms with Crippen LogP contribution in [0.5, 0.6) is 0 Å². The minimum atomic E-state index is -0.994. The average Bonchev–Trinajstić information content (AvgIpc) is 2.88. The molecule has 1 rings (SSSR count). The molecule has 0 spiro atoms. The molecule has 0 aliphatic heterocycles. The lowest BCUT2D eigenvalue weighted by Crippen LogP contribution is -2.55. The van der Waals surface area contributed by atoms with Gasteiger partial charge in [-0.3, -0.25) is 14.4 Å². The number of unbranched alkanes of at least 4 members (excludes halogenated alkanes) is 4. The molecule has 214 valence electrons. The van der Waals surface area contributed by atoms with E-state index in [0.29, 0.717) is 24.9 Å². The molecule has 1 aromatic carbocycles. The number of nitrogens with one attached hydrogen (secondary N) is 2. The molecule has 38 heavy (non-hydrogen) atoms. The summed E-state index contributed by atoms with van der Waals surface area (Å²) in [5, 5.41) is 5.37. The van der Waals surface area contributed by atoms with Gasteiger partial charge in [-0.2, -0.15) is 0 Å². The molecule has 3 amide bonds. The van der Waals surface area contributed by atoms with Crippen molar-refractivity contribution in [2.45, 2.75) is 97.8 Å². The van der Waals surface area contributed by atoms with Gasteiger partial charge in [-0.1, -0.05) is 83.2 Å². The summed E-state index contributed by atoms with van der Waals surface area (Å²) < 4.78 is 10.1.